The second kappa shape index (κ2) is 9.44. The van der Waals surface area contributed by atoms with Gasteiger partial charge in [0.2, 0.25) is 5.91 Å². The zero-order chi connectivity index (χ0) is 18.1. The molecule has 0 saturated carbocycles. The van der Waals surface area contributed by atoms with Gasteiger partial charge in [-0.2, -0.15) is 0 Å². The molecule has 2 aromatic rings. The third-order valence-electron chi connectivity index (χ3n) is 3.61. The van der Waals surface area contributed by atoms with Crippen molar-refractivity contribution in [2.45, 2.75) is 26.4 Å². The van der Waals surface area contributed by atoms with Crippen molar-refractivity contribution in [3.05, 3.63) is 60.2 Å². The first kappa shape index (κ1) is 18.5. The number of nitrogens with one attached hydrogen (secondary N) is 4. The first-order valence-corrected chi connectivity index (χ1v) is 8.32. The van der Waals surface area contributed by atoms with Crippen molar-refractivity contribution in [1.29, 1.82) is 0 Å². The Morgan fingerprint density at radius 2 is 1.64 bits per heavy atom. The summed E-state index contributed by atoms with van der Waals surface area (Å²) in [7, 11) is 0. The molecule has 132 valence electrons. The summed E-state index contributed by atoms with van der Waals surface area (Å²) in [5.41, 5.74) is 2.41. The highest BCUT2D eigenvalue weighted by atomic mass is 16.2. The maximum Gasteiger partial charge on any atom is 0.319 e. The second-order valence-corrected chi connectivity index (χ2v) is 5.61. The van der Waals surface area contributed by atoms with Gasteiger partial charge in [-0.05, 0) is 37.2 Å². The minimum absolute atomic E-state index is 0.271. The molecule has 0 aliphatic carbocycles. The molecule has 0 aromatic heterocycles. The maximum atomic E-state index is 12.4. The molecule has 3 amide bonds. The molecule has 2 aromatic carbocycles. The van der Waals surface area contributed by atoms with E-state index in [1.165, 1.54) is 0 Å². The van der Waals surface area contributed by atoms with Crippen molar-refractivity contribution in [2.24, 2.45) is 0 Å². The molecular weight excluding hydrogens is 316 g/mol. The minimum Gasteiger partial charge on any atom is -0.326 e. The van der Waals surface area contributed by atoms with E-state index in [1.807, 2.05) is 49.4 Å². The summed E-state index contributed by atoms with van der Waals surface area (Å²) in [6.45, 7) is 5.19. The summed E-state index contributed by atoms with van der Waals surface area (Å²) in [6.07, 6.45) is 0. The average Bonchev–Trinajstić information content (AvgIpc) is 2.61. The van der Waals surface area contributed by atoms with E-state index in [1.54, 1.807) is 19.1 Å². The molecule has 1 unspecified atom stereocenters. The van der Waals surface area contributed by atoms with Gasteiger partial charge in [0.25, 0.3) is 0 Å². The third-order valence-corrected chi connectivity index (χ3v) is 3.61. The fraction of sp³-hybridized carbons (Fsp3) is 0.263. The fourth-order valence-electron chi connectivity index (χ4n) is 2.25. The molecule has 1 atom stereocenters. The Labute approximate surface area is 148 Å². The number of urea groups is 1. The lowest BCUT2D eigenvalue weighted by Gasteiger charge is -2.16. The Balaban J connectivity index is 1.91. The van der Waals surface area contributed by atoms with Gasteiger partial charge in [-0.25, -0.2) is 4.79 Å². The predicted molar refractivity (Wildman–Crippen MR) is 101 cm³/mol. The van der Waals surface area contributed by atoms with Crippen molar-refractivity contribution in [1.82, 2.24) is 10.6 Å². The lowest BCUT2D eigenvalue weighted by atomic mass is 10.1. The van der Waals surface area contributed by atoms with Gasteiger partial charge in [0.15, 0.2) is 0 Å². The molecule has 0 aliphatic heterocycles. The van der Waals surface area contributed by atoms with E-state index in [-0.39, 0.29) is 5.91 Å². The van der Waals surface area contributed by atoms with Crippen LogP contribution in [0.25, 0.3) is 0 Å². The molecule has 2 rings (SSSR count). The highest BCUT2D eigenvalue weighted by Crippen LogP contribution is 2.15. The van der Waals surface area contributed by atoms with Gasteiger partial charge in [-0.1, -0.05) is 43.3 Å². The molecule has 0 aliphatic rings. The molecule has 25 heavy (non-hydrogen) atoms. The van der Waals surface area contributed by atoms with Gasteiger partial charge < -0.3 is 21.3 Å². The van der Waals surface area contributed by atoms with Gasteiger partial charge >= 0.3 is 6.03 Å². The van der Waals surface area contributed by atoms with E-state index >= 15 is 0 Å². The van der Waals surface area contributed by atoms with Crippen LogP contribution in [0.5, 0.6) is 0 Å². The van der Waals surface area contributed by atoms with E-state index in [0.29, 0.717) is 12.2 Å². The number of hydrogen-bond donors (Lipinski definition) is 4. The first-order valence-electron chi connectivity index (χ1n) is 8.32. The Hall–Kier alpha value is -2.86. The van der Waals surface area contributed by atoms with E-state index in [0.717, 1.165) is 17.8 Å². The SMILES string of the molecule is CCNCc1ccccc1NC(=O)C(C)NC(=O)Nc1ccccc1. The van der Waals surface area contributed by atoms with Crippen molar-refractivity contribution >= 4 is 23.3 Å². The van der Waals surface area contributed by atoms with Crippen molar-refractivity contribution in [3.63, 3.8) is 0 Å². The fourth-order valence-corrected chi connectivity index (χ4v) is 2.25. The van der Waals surface area contributed by atoms with Crippen LogP contribution in [-0.2, 0) is 11.3 Å². The summed E-state index contributed by atoms with van der Waals surface area (Å²) < 4.78 is 0. The Morgan fingerprint density at radius 1 is 0.960 bits per heavy atom. The van der Waals surface area contributed by atoms with Crippen molar-refractivity contribution < 1.29 is 9.59 Å². The predicted octanol–water partition coefficient (Wildman–Crippen LogP) is 2.94. The summed E-state index contributed by atoms with van der Waals surface area (Å²) in [4.78, 5) is 24.3. The topological polar surface area (TPSA) is 82.3 Å². The van der Waals surface area contributed by atoms with Crippen LogP contribution in [-0.4, -0.2) is 24.5 Å². The van der Waals surface area contributed by atoms with Crippen LogP contribution in [0.2, 0.25) is 0 Å². The van der Waals surface area contributed by atoms with Gasteiger partial charge in [-0.3, -0.25) is 4.79 Å². The highest BCUT2D eigenvalue weighted by molar-refractivity contribution is 5.99. The highest BCUT2D eigenvalue weighted by Gasteiger charge is 2.16. The molecule has 6 nitrogen and oxygen atoms in total. The number of benzene rings is 2. The summed E-state index contributed by atoms with van der Waals surface area (Å²) in [6, 6.07) is 15.6. The first-order chi connectivity index (χ1) is 12.1. The van der Waals surface area contributed by atoms with E-state index in [9.17, 15) is 9.59 Å². The summed E-state index contributed by atoms with van der Waals surface area (Å²) >= 11 is 0. The van der Waals surface area contributed by atoms with Crippen LogP contribution in [0.15, 0.2) is 54.6 Å². The van der Waals surface area contributed by atoms with Crippen LogP contribution in [0, 0.1) is 0 Å². The number of amides is 3. The van der Waals surface area contributed by atoms with E-state index < -0.39 is 12.1 Å². The standard InChI is InChI=1S/C19H24N4O2/c1-3-20-13-15-9-7-8-12-17(15)23-18(24)14(2)21-19(25)22-16-10-5-4-6-11-16/h4-12,14,20H,3,13H2,1-2H3,(H,23,24)(H2,21,22,25). The van der Waals surface area contributed by atoms with E-state index in [2.05, 4.69) is 21.3 Å². The Morgan fingerprint density at radius 3 is 2.36 bits per heavy atom. The molecule has 0 radical (unpaired) electrons. The van der Waals surface area contributed by atoms with Crippen LogP contribution in [0.1, 0.15) is 19.4 Å². The second-order valence-electron chi connectivity index (χ2n) is 5.61. The average molecular weight is 340 g/mol. The molecule has 0 bridgehead atoms. The number of rotatable bonds is 7. The number of para-hydroxylation sites is 2. The number of carbonyl (C=O) groups excluding carboxylic acids is 2. The maximum absolute atomic E-state index is 12.4. The lowest BCUT2D eigenvalue weighted by Crippen LogP contribution is -2.43. The van der Waals surface area contributed by atoms with Gasteiger partial charge in [0.1, 0.15) is 6.04 Å². The quantitative estimate of drug-likeness (QED) is 0.625. The zero-order valence-corrected chi connectivity index (χ0v) is 14.5. The lowest BCUT2D eigenvalue weighted by molar-refractivity contribution is -0.117. The normalized spacial score (nSPS) is 11.4. The molecule has 0 spiro atoms. The van der Waals surface area contributed by atoms with Crippen LogP contribution < -0.4 is 21.3 Å². The molecule has 0 heterocycles. The summed E-state index contributed by atoms with van der Waals surface area (Å²) in [5.74, 6) is -0.271. The smallest absolute Gasteiger partial charge is 0.319 e. The molecule has 4 N–H and O–H groups in total. The number of hydrogen-bond acceptors (Lipinski definition) is 3. The largest absolute Gasteiger partial charge is 0.326 e. The van der Waals surface area contributed by atoms with Crippen LogP contribution in [0.4, 0.5) is 16.2 Å². The minimum atomic E-state index is -0.670. The molecule has 0 saturated heterocycles. The Kier molecular flexibility index (Phi) is 6.98. The third kappa shape index (κ3) is 5.93. The van der Waals surface area contributed by atoms with Crippen molar-refractivity contribution in [2.75, 3.05) is 17.2 Å². The summed E-state index contributed by atoms with van der Waals surface area (Å²) in [5, 5.41) is 11.4. The van der Waals surface area contributed by atoms with E-state index in [4.69, 9.17) is 0 Å². The van der Waals surface area contributed by atoms with Crippen molar-refractivity contribution in [3.8, 4) is 0 Å². The zero-order valence-electron chi connectivity index (χ0n) is 14.5. The molecular formula is C19H24N4O2. The number of anilines is 2. The monoisotopic (exact) mass is 340 g/mol. The van der Waals surface area contributed by atoms with Gasteiger partial charge in [0.05, 0.1) is 0 Å². The van der Waals surface area contributed by atoms with Crippen LogP contribution >= 0.6 is 0 Å². The molecule has 6 heteroatoms. The van der Waals surface area contributed by atoms with Gasteiger partial charge in [-0.15, -0.1) is 0 Å². The van der Waals surface area contributed by atoms with Crippen LogP contribution in [0.3, 0.4) is 0 Å². The molecule has 0 fully saturated rings. The van der Waals surface area contributed by atoms with Gasteiger partial charge in [0, 0.05) is 17.9 Å². The Bertz CT molecular complexity index is 704. The number of carbonyl (C=O) groups is 2.